The molecule has 0 aliphatic rings. The molecule has 0 atom stereocenters. The molecule has 0 amide bonds. The Labute approximate surface area is 335 Å². The fourth-order valence-corrected chi connectivity index (χ4v) is 3.33. The molecule has 0 bridgehead atoms. The molecular formula is C43H69Y2-3. The summed E-state index contributed by atoms with van der Waals surface area (Å²) in [5.74, 6) is 0. The summed E-state index contributed by atoms with van der Waals surface area (Å²) >= 11 is 0. The van der Waals surface area contributed by atoms with Crippen LogP contribution in [0, 0.1) is 21.3 Å². The molecule has 0 heterocycles. The first-order valence-corrected chi connectivity index (χ1v) is 16.3. The van der Waals surface area contributed by atoms with E-state index in [1.807, 2.05) is 83.1 Å². The third-order valence-corrected chi connectivity index (χ3v) is 4.50. The molecule has 0 N–H and O–H groups in total. The number of rotatable bonds is 4. The van der Waals surface area contributed by atoms with Crippen molar-refractivity contribution in [2.24, 2.45) is 0 Å². The molecular weight excluding hydrogens is 694 g/mol. The second kappa shape index (κ2) is 55.2. The number of hydrogen-bond donors (Lipinski definition) is 0. The van der Waals surface area contributed by atoms with Crippen molar-refractivity contribution in [2.75, 3.05) is 0 Å². The van der Waals surface area contributed by atoms with Gasteiger partial charge < -0.3 is 21.3 Å². The van der Waals surface area contributed by atoms with E-state index in [9.17, 15) is 0 Å². The third kappa shape index (κ3) is 27.6. The quantitative estimate of drug-likeness (QED) is 0.143. The zero-order valence-electron chi connectivity index (χ0n) is 32.1. The summed E-state index contributed by atoms with van der Waals surface area (Å²) in [4.78, 5) is 0. The summed E-state index contributed by atoms with van der Waals surface area (Å²) < 4.78 is 0. The second-order valence-electron chi connectivity index (χ2n) is 6.21. The third-order valence-electron chi connectivity index (χ3n) is 4.50. The second-order valence-corrected chi connectivity index (χ2v) is 6.21. The van der Waals surface area contributed by atoms with Gasteiger partial charge in [-0.05, 0) is 33.4 Å². The summed E-state index contributed by atoms with van der Waals surface area (Å²) in [6.45, 7) is 34.0. The van der Waals surface area contributed by atoms with Crippen LogP contribution < -0.4 is 0 Å². The van der Waals surface area contributed by atoms with Gasteiger partial charge in [-0.25, -0.2) is 0 Å². The number of benzene rings is 4. The van der Waals surface area contributed by atoms with E-state index in [0.29, 0.717) is 0 Å². The molecule has 0 saturated carbocycles. The molecule has 0 nitrogen and oxygen atoms in total. The van der Waals surface area contributed by atoms with E-state index in [-0.39, 0.29) is 72.8 Å². The van der Waals surface area contributed by atoms with E-state index in [1.165, 1.54) is 33.4 Å². The van der Waals surface area contributed by atoms with Crippen molar-refractivity contribution in [1.82, 2.24) is 0 Å². The van der Waals surface area contributed by atoms with Crippen LogP contribution in [0.2, 0.25) is 0 Å². The first-order chi connectivity index (χ1) is 20.9. The molecule has 0 aliphatic heterocycles. The predicted octanol–water partition coefficient (Wildman–Crippen LogP) is 15.0. The van der Waals surface area contributed by atoms with Crippen LogP contribution in [0.4, 0.5) is 0 Å². The van der Waals surface area contributed by atoms with Gasteiger partial charge in [0.2, 0.25) is 0 Å². The first-order valence-electron chi connectivity index (χ1n) is 16.3. The van der Waals surface area contributed by atoms with Crippen LogP contribution in [-0.2, 0) is 65.4 Å². The molecule has 0 saturated heterocycles. The molecule has 4 rings (SSSR count). The molecule has 2 heteroatoms. The average Bonchev–Trinajstić information content (AvgIpc) is 3.15. The maximum Gasteiger partial charge on any atom is 0 e. The Balaban J connectivity index is -0.000000106. The van der Waals surface area contributed by atoms with Crippen LogP contribution in [0.25, 0.3) is 11.1 Å². The SMILES string of the molecule is CC.CC.CC.CC.CC.CC.[CH2-]C.[CH2-]C.[CH3-].[Y].[Y].c1ccc(C(=C(c2ccccc2)c2ccccc2)c2ccccc2)cc1. The summed E-state index contributed by atoms with van der Waals surface area (Å²) in [6.07, 6.45) is 0. The normalized spacial score (nSPS) is 7.02. The van der Waals surface area contributed by atoms with Crippen molar-refractivity contribution < 1.29 is 65.4 Å². The Morgan fingerprint density at radius 3 is 0.511 bits per heavy atom. The van der Waals surface area contributed by atoms with Crippen LogP contribution >= 0.6 is 0 Å². The Morgan fingerprint density at radius 1 is 0.289 bits per heavy atom. The van der Waals surface area contributed by atoms with Crippen LogP contribution in [0.1, 0.15) is 119 Å². The Kier molecular flexibility index (Phi) is 76.9. The van der Waals surface area contributed by atoms with Gasteiger partial charge in [0.15, 0.2) is 0 Å². The summed E-state index contributed by atoms with van der Waals surface area (Å²) in [5.41, 5.74) is 7.40. The van der Waals surface area contributed by atoms with Gasteiger partial charge in [-0.1, -0.05) is 204 Å². The van der Waals surface area contributed by atoms with Crippen molar-refractivity contribution in [2.45, 2.75) is 96.9 Å². The minimum atomic E-state index is 0. The van der Waals surface area contributed by atoms with E-state index >= 15 is 0 Å². The maximum atomic E-state index is 3.25. The van der Waals surface area contributed by atoms with E-state index in [4.69, 9.17) is 0 Å². The van der Waals surface area contributed by atoms with Gasteiger partial charge in [0.05, 0.1) is 0 Å². The van der Waals surface area contributed by atoms with Crippen molar-refractivity contribution in [3.05, 3.63) is 165 Å². The zero-order chi connectivity index (χ0) is 33.6. The molecule has 4 aromatic carbocycles. The van der Waals surface area contributed by atoms with Crippen LogP contribution in [0.5, 0.6) is 0 Å². The van der Waals surface area contributed by atoms with Gasteiger partial charge in [-0.3, -0.25) is 0 Å². The largest absolute Gasteiger partial charge is 0.358 e. The zero-order valence-corrected chi connectivity index (χ0v) is 37.8. The standard InChI is InChI=1S/C26H20.6C2H6.2C2H5.CH3.2Y/c1-5-13-21(14-6-1)25(22-15-7-2-8-16-22)26(23-17-9-3-10-18-23)24-19-11-4-12-20-24;8*1-2;;;/h1-20H;6*1-2H3;2*1H2,2H3;1H3;;/q;;;;;;;3*-1;;. The fraction of sp³-hybridized carbons (Fsp3) is 0.326. The predicted molar refractivity (Wildman–Crippen MR) is 207 cm³/mol. The van der Waals surface area contributed by atoms with Crippen molar-refractivity contribution in [3.63, 3.8) is 0 Å². The molecule has 45 heavy (non-hydrogen) atoms. The molecule has 0 unspecified atom stereocenters. The molecule has 0 fully saturated rings. The molecule has 2 radical (unpaired) electrons. The van der Waals surface area contributed by atoms with Gasteiger partial charge in [0, 0.05) is 65.4 Å². The van der Waals surface area contributed by atoms with E-state index in [2.05, 4.69) is 135 Å². The minimum absolute atomic E-state index is 0. The smallest absolute Gasteiger partial charge is 0 e. The van der Waals surface area contributed by atoms with Crippen molar-refractivity contribution in [1.29, 1.82) is 0 Å². The van der Waals surface area contributed by atoms with E-state index in [1.54, 1.807) is 13.8 Å². The monoisotopic (exact) mass is 763 g/mol. The summed E-state index contributed by atoms with van der Waals surface area (Å²) in [6, 6.07) is 42.6. The van der Waals surface area contributed by atoms with Crippen molar-refractivity contribution >= 4 is 11.1 Å². The van der Waals surface area contributed by atoms with E-state index in [0.717, 1.165) is 0 Å². The molecule has 250 valence electrons. The van der Waals surface area contributed by atoms with Gasteiger partial charge in [-0.15, -0.1) is 0 Å². The Bertz CT molecular complexity index is 827. The first kappa shape index (κ1) is 62.6. The molecule has 0 aromatic heterocycles. The number of hydrogen-bond acceptors (Lipinski definition) is 0. The summed E-state index contributed by atoms with van der Waals surface area (Å²) in [7, 11) is 0. The van der Waals surface area contributed by atoms with E-state index < -0.39 is 0 Å². The van der Waals surface area contributed by atoms with Gasteiger partial charge >= 0.3 is 0 Å². The fourth-order valence-electron chi connectivity index (χ4n) is 3.33. The topological polar surface area (TPSA) is 0 Å². The Hall–Kier alpha value is -1.17. The maximum absolute atomic E-state index is 3.25. The average molecular weight is 764 g/mol. The van der Waals surface area contributed by atoms with Gasteiger partial charge in [0.1, 0.15) is 0 Å². The van der Waals surface area contributed by atoms with Crippen LogP contribution in [0.15, 0.2) is 121 Å². The molecule has 4 aromatic rings. The minimum Gasteiger partial charge on any atom is -0.358 e. The Morgan fingerprint density at radius 2 is 0.400 bits per heavy atom. The van der Waals surface area contributed by atoms with Crippen molar-refractivity contribution in [3.8, 4) is 0 Å². The van der Waals surface area contributed by atoms with Gasteiger partial charge in [0.25, 0.3) is 0 Å². The van der Waals surface area contributed by atoms with Crippen LogP contribution in [0.3, 0.4) is 0 Å². The van der Waals surface area contributed by atoms with Gasteiger partial charge in [-0.2, -0.15) is 13.8 Å². The van der Waals surface area contributed by atoms with Crippen LogP contribution in [-0.4, -0.2) is 0 Å². The molecule has 0 aliphatic carbocycles. The molecule has 0 spiro atoms. The summed E-state index contributed by atoms with van der Waals surface area (Å²) in [5, 5.41) is 0.